The summed E-state index contributed by atoms with van der Waals surface area (Å²) in [4.78, 5) is 26.4. The van der Waals surface area contributed by atoms with Crippen LogP contribution in [0.3, 0.4) is 0 Å². The van der Waals surface area contributed by atoms with E-state index in [1.807, 2.05) is 24.3 Å². The monoisotopic (exact) mass is 307 g/mol. The van der Waals surface area contributed by atoms with Crippen LogP contribution in [-0.2, 0) is 9.59 Å². The van der Waals surface area contributed by atoms with Crippen LogP contribution < -0.4 is 4.74 Å². The number of carbonyl (C=O) groups excluding carboxylic acids is 1. The molecule has 0 bridgehead atoms. The van der Waals surface area contributed by atoms with Gasteiger partial charge in [0.05, 0.1) is 5.41 Å². The average Bonchev–Trinajstić information content (AvgIpc) is 2.90. The van der Waals surface area contributed by atoms with E-state index in [0.717, 1.165) is 10.6 Å². The van der Waals surface area contributed by atoms with Crippen LogP contribution in [0.2, 0.25) is 0 Å². The largest absolute Gasteiger partial charge is 0.481 e. The van der Waals surface area contributed by atoms with Gasteiger partial charge in [-0.2, -0.15) is 0 Å². The molecule has 3 rings (SSSR count). The van der Waals surface area contributed by atoms with Gasteiger partial charge in [-0.15, -0.1) is 11.8 Å². The van der Waals surface area contributed by atoms with Crippen LogP contribution in [0.5, 0.6) is 5.75 Å². The zero-order valence-corrected chi connectivity index (χ0v) is 12.6. The Morgan fingerprint density at radius 2 is 2.19 bits per heavy atom. The molecule has 2 aliphatic rings. The Hall–Kier alpha value is -1.69. The highest BCUT2D eigenvalue weighted by atomic mass is 32.2. The van der Waals surface area contributed by atoms with Gasteiger partial charge in [-0.1, -0.05) is 12.1 Å². The predicted octanol–water partition coefficient (Wildman–Crippen LogP) is 1.86. The van der Waals surface area contributed by atoms with Gasteiger partial charge in [0.1, 0.15) is 5.75 Å². The summed E-state index contributed by atoms with van der Waals surface area (Å²) in [5, 5.41) is 9.24. The third-order valence-corrected chi connectivity index (χ3v) is 5.20. The summed E-state index contributed by atoms with van der Waals surface area (Å²) in [6.07, 6.45) is -0.0362. The first-order valence-electron chi connectivity index (χ1n) is 6.90. The quantitative estimate of drug-likeness (QED) is 0.903. The highest BCUT2D eigenvalue weighted by molar-refractivity contribution is 7.99. The first-order chi connectivity index (χ1) is 9.99. The highest BCUT2D eigenvalue weighted by Crippen LogP contribution is 2.36. The number of carboxylic acid groups (broad SMARTS) is 1. The van der Waals surface area contributed by atoms with Gasteiger partial charge in [-0.05, 0) is 25.5 Å². The molecule has 1 saturated heterocycles. The molecule has 5 nitrogen and oxygen atoms in total. The summed E-state index contributed by atoms with van der Waals surface area (Å²) >= 11 is 1.60. The van der Waals surface area contributed by atoms with Gasteiger partial charge in [0, 0.05) is 23.7 Å². The standard InChI is InChI=1S/C15H17NO4S/c1-15(14(18)19)6-7-16(9-15)13(17)11-8-21-12-5-3-2-4-10(12)20-11/h2-5,11H,6-9H2,1H3,(H,18,19)/t11-,15+/m1/s1. The van der Waals surface area contributed by atoms with Crippen LogP contribution in [-0.4, -0.2) is 46.8 Å². The SMILES string of the molecule is C[C@]1(C(=O)O)CCN(C(=O)[C@H]2CSc3ccccc3O2)C1. The molecule has 0 aliphatic carbocycles. The Morgan fingerprint density at radius 3 is 2.90 bits per heavy atom. The summed E-state index contributed by atoms with van der Waals surface area (Å²) in [7, 11) is 0. The van der Waals surface area contributed by atoms with Gasteiger partial charge in [0.25, 0.3) is 5.91 Å². The number of ether oxygens (including phenoxy) is 1. The summed E-state index contributed by atoms with van der Waals surface area (Å²) in [5.74, 6) is 0.340. The van der Waals surface area contributed by atoms with E-state index >= 15 is 0 Å². The van der Waals surface area contributed by atoms with Crippen molar-refractivity contribution < 1.29 is 19.4 Å². The molecular weight excluding hydrogens is 290 g/mol. The minimum Gasteiger partial charge on any atom is -0.481 e. The number of aliphatic carboxylic acids is 1. The highest BCUT2D eigenvalue weighted by Gasteiger charge is 2.44. The van der Waals surface area contributed by atoms with Gasteiger partial charge in [0.2, 0.25) is 0 Å². The molecule has 21 heavy (non-hydrogen) atoms. The van der Waals surface area contributed by atoms with Gasteiger partial charge in [-0.3, -0.25) is 9.59 Å². The maximum atomic E-state index is 12.5. The molecule has 0 unspecified atom stereocenters. The second-order valence-electron chi connectivity index (χ2n) is 5.74. The Balaban J connectivity index is 1.69. The molecular formula is C15H17NO4S. The Kier molecular flexibility index (Phi) is 3.57. The van der Waals surface area contributed by atoms with E-state index in [2.05, 4.69) is 0 Å². The van der Waals surface area contributed by atoms with E-state index in [4.69, 9.17) is 4.74 Å². The zero-order valence-electron chi connectivity index (χ0n) is 11.7. The number of likely N-dealkylation sites (tertiary alicyclic amines) is 1. The average molecular weight is 307 g/mol. The lowest BCUT2D eigenvalue weighted by Crippen LogP contribution is -2.44. The van der Waals surface area contributed by atoms with E-state index in [1.54, 1.807) is 23.6 Å². The van der Waals surface area contributed by atoms with E-state index in [1.165, 1.54) is 0 Å². The smallest absolute Gasteiger partial charge is 0.311 e. The number of hydrogen-bond donors (Lipinski definition) is 1. The van der Waals surface area contributed by atoms with Crippen LogP contribution in [0.1, 0.15) is 13.3 Å². The van der Waals surface area contributed by atoms with Crippen LogP contribution >= 0.6 is 11.8 Å². The number of carbonyl (C=O) groups is 2. The third kappa shape index (κ3) is 2.60. The molecule has 1 amide bonds. The number of nitrogens with zero attached hydrogens (tertiary/aromatic N) is 1. The normalized spacial score (nSPS) is 27.9. The molecule has 2 heterocycles. The molecule has 1 N–H and O–H groups in total. The lowest BCUT2D eigenvalue weighted by molar-refractivity contribution is -0.147. The van der Waals surface area contributed by atoms with Crippen molar-refractivity contribution in [2.24, 2.45) is 5.41 Å². The first-order valence-corrected chi connectivity index (χ1v) is 7.89. The molecule has 112 valence electrons. The molecule has 1 fully saturated rings. The van der Waals surface area contributed by atoms with Crippen molar-refractivity contribution in [2.75, 3.05) is 18.8 Å². The summed E-state index contributed by atoms with van der Waals surface area (Å²) in [6, 6.07) is 7.64. The number of hydrogen-bond acceptors (Lipinski definition) is 4. The molecule has 6 heteroatoms. The fourth-order valence-corrected chi connectivity index (χ4v) is 3.64. The summed E-state index contributed by atoms with van der Waals surface area (Å²) in [5.41, 5.74) is -0.838. The van der Waals surface area contributed by atoms with Gasteiger partial charge in [0.15, 0.2) is 6.10 Å². The van der Waals surface area contributed by atoms with Crippen molar-refractivity contribution in [3.8, 4) is 5.75 Å². The molecule has 2 atom stereocenters. The molecule has 0 aromatic heterocycles. The predicted molar refractivity (Wildman–Crippen MR) is 78.5 cm³/mol. The van der Waals surface area contributed by atoms with E-state index < -0.39 is 17.5 Å². The lowest BCUT2D eigenvalue weighted by Gasteiger charge is -2.28. The number of rotatable bonds is 2. The zero-order chi connectivity index (χ0) is 15.0. The molecule has 0 saturated carbocycles. The fraction of sp³-hybridized carbons (Fsp3) is 0.467. The minimum atomic E-state index is -0.845. The van der Waals surface area contributed by atoms with Crippen LogP contribution in [0, 0.1) is 5.41 Å². The number of amides is 1. The molecule has 2 aliphatic heterocycles. The van der Waals surface area contributed by atoms with E-state index in [0.29, 0.717) is 18.7 Å². The van der Waals surface area contributed by atoms with Crippen molar-refractivity contribution in [1.82, 2.24) is 4.90 Å². The topological polar surface area (TPSA) is 66.8 Å². The Labute approximate surface area is 127 Å². The maximum Gasteiger partial charge on any atom is 0.311 e. The van der Waals surface area contributed by atoms with Crippen LogP contribution in [0.15, 0.2) is 29.2 Å². The minimum absolute atomic E-state index is 0.109. The van der Waals surface area contributed by atoms with Crippen molar-refractivity contribution in [2.45, 2.75) is 24.3 Å². The fourth-order valence-electron chi connectivity index (χ4n) is 2.67. The van der Waals surface area contributed by atoms with E-state index in [-0.39, 0.29) is 12.5 Å². The molecule has 1 aromatic rings. The second-order valence-corrected chi connectivity index (χ2v) is 6.80. The number of carboxylic acids is 1. The van der Waals surface area contributed by atoms with Crippen LogP contribution in [0.25, 0.3) is 0 Å². The number of thioether (sulfide) groups is 1. The third-order valence-electron chi connectivity index (χ3n) is 4.09. The van der Waals surface area contributed by atoms with Crippen molar-refractivity contribution in [3.63, 3.8) is 0 Å². The van der Waals surface area contributed by atoms with Gasteiger partial charge in [-0.25, -0.2) is 0 Å². The van der Waals surface area contributed by atoms with Crippen LogP contribution in [0.4, 0.5) is 0 Å². The first kappa shape index (κ1) is 14.3. The van der Waals surface area contributed by atoms with Crippen molar-refractivity contribution in [1.29, 1.82) is 0 Å². The molecule has 0 spiro atoms. The number of fused-ring (bicyclic) bond motifs is 1. The van der Waals surface area contributed by atoms with Crippen molar-refractivity contribution >= 4 is 23.6 Å². The Bertz CT molecular complexity index is 591. The van der Waals surface area contributed by atoms with Crippen molar-refractivity contribution in [3.05, 3.63) is 24.3 Å². The molecule has 0 radical (unpaired) electrons. The number of para-hydroxylation sites is 1. The Morgan fingerprint density at radius 1 is 1.43 bits per heavy atom. The van der Waals surface area contributed by atoms with Gasteiger partial charge >= 0.3 is 5.97 Å². The van der Waals surface area contributed by atoms with Gasteiger partial charge < -0.3 is 14.7 Å². The lowest BCUT2D eigenvalue weighted by atomic mass is 9.90. The number of benzene rings is 1. The van der Waals surface area contributed by atoms with E-state index in [9.17, 15) is 14.7 Å². The molecule has 1 aromatic carbocycles. The summed E-state index contributed by atoms with van der Waals surface area (Å²) < 4.78 is 5.78. The second kappa shape index (κ2) is 5.26. The summed E-state index contributed by atoms with van der Waals surface area (Å²) in [6.45, 7) is 2.43. The maximum absolute atomic E-state index is 12.5.